The fraction of sp³-hybridized carbons (Fsp3) is 0.333. The number of aryl methyl sites for hydroxylation is 1. The number of unbranched alkanes of at least 4 members (excludes halogenated alkanes) is 1. The summed E-state index contributed by atoms with van der Waals surface area (Å²) in [5.74, 6) is -1.20. The highest BCUT2D eigenvalue weighted by Crippen LogP contribution is 2.45. The van der Waals surface area contributed by atoms with Crippen molar-refractivity contribution in [3.05, 3.63) is 69.7 Å². The number of anilines is 1. The normalized spacial score (nSPS) is 17.5. The second kappa shape index (κ2) is 12.0. The number of nitrogens with zero attached hydrogens (tertiary/aromatic N) is 2. The van der Waals surface area contributed by atoms with E-state index in [2.05, 4.69) is 11.9 Å². The average molecular weight is 579 g/mol. The summed E-state index contributed by atoms with van der Waals surface area (Å²) in [6, 6.07) is 10.8. The highest BCUT2D eigenvalue weighted by atomic mass is 32.1. The minimum atomic E-state index is -1.04. The summed E-state index contributed by atoms with van der Waals surface area (Å²) in [7, 11) is 0. The minimum Gasteiger partial charge on any atom is -0.507 e. The first-order chi connectivity index (χ1) is 19.8. The number of hydrogen-bond donors (Lipinski definition) is 1. The standard InChI is InChI=1S/C30H30N2O8S/c1-4-6-12-38-20-9-7-8-18(15-20)24-23(25(33)19-10-11-21-22(16-19)40-14-13-39-21)26(34)28(35)32(24)30-31-17(3)27(41-30)29(36)37-5-2/h7-11,15-16,24,33H,4-6,12-14H2,1-3H3. The molecule has 0 radical (unpaired) electrons. The van der Waals surface area contributed by atoms with E-state index in [-0.39, 0.29) is 33.5 Å². The van der Waals surface area contributed by atoms with Crippen LogP contribution in [0.3, 0.4) is 0 Å². The van der Waals surface area contributed by atoms with Crippen molar-refractivity contribution in [3.8, 4) is 17.2 Å². The minimum absolute atomic E-state index is 0.122. The Morgan fingerprint density at radius 2 is 1.90 bits per heavy atom. The van der Waals surface area contributed by atoms with E-state index < -0.39 is 23.7 Å². The monoisotopic (exact) mass is 578 g/mol. The molecule has 2 aromatic carbocycles. The van der Waals surface area contributed by atoms with Gasteiger partial charge in [-0.05, 0) is 56.2 Å². The number of ether oxygens (including phenoxy) is 4. The van der Waals surface area contributed by atoms with Gasteiger partial charge in [0, 0.05) is 5.56 Å². The lowest BCUT2D eigenvalue weighted by Gasteiger charge is -2.24. The number of fused-ring (bicyclic) bond motifs is 1. The van der Waals surface area contributed by atoms with Crippen molar-refractivity contribution in [3.63, 3.8) is 0 Å². The zero-order valence-corrected chi connectivity index (χ0v) is 23.8. The van der Waals surface area contributed by atoms with E-state index in [9.17, 15) is 19.5 Å². The van der Waals surface area contributed by atoms with E-state index in [0.29, 0.717) is 48.3 Å². The van der Waals surface area contributed by atoms with Crippen molar-refractivity contribution >= 4 is 39.9 Å². The van der Waals surface area contributed by atoms with Crippen molar-refractivity contribution in [2.24, 2.45) is 0 Å². The maximum atomic E-state index is 13.6. The third-order valence-electron chi connectivity index (χ3n) is 6.65. The van der Waals surface area contributed by atoms with Crippen molar-refractivity contribution in [2.45, 2.75) is 39.7 Å². The van der Waals surface area contributed by atoms with Gasteiger partial charge in [-0.2, -0.15) is 0 Å². The number of carbonyl (C=O) groups excluding carboxylic acids is 3. The first kappa shape index (κ1) is 28.2. The largest absolute Gasteiger partial charge is 0.507 e. The molecule has 1 atom stereocenters. The Bertz CT molecular complexity index is 1530. The van der Waals surface area contributed by atoms with Gasteiger partial charge >= 0.3 is 11.9 Å². The number of aliphatic hydroxyl groups excluding tert-OH is 1. The molecule has 1 aromatic heterocycles. The molecule has 11 heteroatoms. The number of aromatic nitrogens is 1. The second-order valence-corrected chi connectivity index (χ2v) is 10.4. The fourth-order valence-corrected chi connectivity index (χ4v) is 5.66. The molecular weight excluding hydrogens is 548 g/mol. The van der Waals surface area contributed by atoms with E-state index in [4.69, 9.17) is 18.9 Å². The van der Waals surface area contributed by atoms with Crippen LogP contribution in [-0.2, 0) is 14.3 Å². The number of carbonyl (C=O) groups is 3. The van der Waals surface area contributed by atoms with Gasteiger partial charge in [0.05, 0.1) is 30.5 Å². The van der Waals surface area contributed by atoms with Gasteiger partial charge in [-0.3, -0.25) is 14.5 Å². The molecular formula is C30H30N2O8S. The lowest BCUT2D eigenvalue weighted by Crippen LogP contribution is -2.29. The molecule has 1 N–H and O–H groups in total. The summed E-state index contributed by atoms with van der Waals surface area (Å²) >= 11 is 0.953. The maximum Gasteiger partial charge on any atom is 0.350 e. The van der Waals surface area contributed by atoms with Crippen molar-refractivity contribution in [1.29, 1.82) is 0 Å². The van der Waals surface area contributed by atoms with Crippen molar-refractivity contribution in [1.82, 2.24) is 4.98 Å². The van der Waals surface area contributed by atoms with E-state index in [1.807, 2.05) is 0 Å². The van der Waals surface area contributed by atoms with Crippen LogP contribution in [0.1, 0.15) is 59.2 Å². The number of aliphatic hydroxyl groups is 1. The molecule has 214 valence electrons. The predicted molar refractivity (Wildman–Crippen MR) is 152 cm³/mol. The quantitative estimate of drug-likeness (QED) is 0.120. The third-order valence-corrected chi connectivity index (χ3v) is 7.79. The molecule has 5 rings (SSSR count). The van der Waals surface area contributed by atoms with Gasteiger partial charge in [0.1, 0.15) is 29.6 Å². The average Bonchev–Trinajstić information content (AvgIpc) is 3.49. The van der Waals surface area contributed by atoms with Crippen LogP contribution in [0.2, 0.25) is 0 Å². The third kappa shape index (κ3) is 5.49. The smallest absolute Gasteiger partial charge is 0.350 e. The molecule has 0 spiro atoms. The number of benzene rings is 2. The number of Topliss-reactive ketones (excluding diaryl/α,β-unsaturated/α-hetero) is 1. The Morgan fingerprint density at radius 3 is 2.66 bits per heavy atom. The molecule has 2 aliphatic heterocycles. The van der Waals surface area contributed by atoms with E-state index >= 15 is 0 Å². The Balaban J connectivity index is 1.64. The first-order valence-corrected chi connectivity index (χ1v) is 14.2. The van der Waals surface area contributed by atoms with Gasteiger partial charge in [0.25, 0.3) is 5.78 Å². The number of thiazole rings is 1. The summed E-state index contributed by atoms with van der Waals surface area (Å²) in [6.45, 7) is 6.82. The Hall–Kier alpha value is -4.38. The molecule has 0 bridgehead atoms. The summed E-state index contributed by atoms with van der Waals surface area (Å²) in [6.07, 6.45) is 1.82. The molecule has 0 aliphatic carbocycles. The zero-order chi connectivity index (χ0) is 29.1. The van der Waals surface area contributed by atoms with Crippen LogP contribution in [0.15, 0.2) is 48.0 Å². The summed E-state index contributed by atoms with van der Waals surface area (Å²) < 4.78 is 22.3. The maximum absolute atomic E-state index is 13.6. The molecule has 3 aromatic rings. The van der Waals surface area contributed by atoms with Gasteiger partial charge in [-0.25, -0.2) is 9.78 Å². The van der Waals surface area contributed by atoms with Crippen LogP contribution < -0.4 is 19.1 Å². The van der Waals surface area contributed by atoms with E-state index in [1.165, 1.54) is 4.90 Å². The molecule has 1 fully saturated rings. The van der Waals surface area contributed by atoms with Crippen LogP contribution in [-0.4, -0.2) is 54.2 Å². The van der Waals surface area contributed by atoms with Crippen molar-refractivity contribution in [2.75, 3.05) is 31.3 Å². The summed E-state index contributed by atoms with van der Waals surface area (Å²) in [5, 5.41) is 11.7. The van der Waals surface area contributed by atoms with E-state index in [0.717, 1.165) is 24.2 Å². The molecule has 1 unspecified atom stereocenters. The highest BCUT2D eigenvalue weighted by Gasteiger charge is 2.48. The first-order valence-electron chi connectivity index (χ1n) is 13.4. The Kier molecular flexibility index (Phi) is 8.25. The molecule has 41 heavy (non-hydrogen) atoms. The number of hydrogen-bond acceptors (Lipinski definition) is 10. The fourth-order valence-electron chi connectivity index (χ4n) is 4.67. The lowest BCUT2D eigenvalue weighted by atomic mass is 9.95. The number of esters is 1. The van der Waals surface area contributed by atoms with Crippen LogP contribution >= 0.6 is 11.3 Å². The Labute approximate surface area is 241 Å². The molecule has 1 saturated heterocycles. The second-order valence-electron chi connectivity index (χ2n) is 9.43. The van der Waals surface area contributed by atoms with Crippen LogP contribution in [0, 0.1) is 6.92 Å². The zero-order valence-electron chi connectivity index (χ0n) is 23.0. The van der Waals surface area contributed by atoms with Gasteiger partial charge in [0.15, 0.2) is 16.6 Å². The number of amides is 1. The number of ketones is 1. The molecule has 1 amide bonds. The van der Waals surface area contributed by atoms with Crippen LogP contribution in [0.5, 0.6) is 17.2 Å². The van der Waals surface area contributed by atoms with Gasteiger partial charge in [-0.15, -0.1) is 0 Å². The summed E-state index contributed by atoms with van der Waals surface area (Å²) in [4.78, 5) is 45.6. The predicted octanol–water partition coefficient (Wildman–Crippen LogP) is 5.20. The highest BCUT2D eigenvalue weighted by molar-refractivity contribution is 7.17. The van der Waals surface area contributed by atoms with Gasteiger partial charge < -0.3 is 24.1 Å². The van der Waals surface area contributed by atoms with Gasteiger partial charge in [0.2, 0.25) is 0 Å². The van der Waals surface area contributed by atoms with Crippen molar-refractivity contribution < 1.29 is 38.4 Å². The summed E-state index contributed by atoms with van der Waals surface area (Å²) in [5.41, 5.74) is 1.06. The SMILES string of the molecule is CCCCOc1cccc(C2C(=C(O)c3ccc4c(c3)OCCO4)C(=O)C(=O)N2c2nc(C)c(C(=O)OCC)s2)c1. The van der Waals surface area contributed by atoms with Gasteiger partial charge in [-0.1, -0.05) is 36.8 Å². The van der Waals surface area contributed by atoms with Crippen LogP contribution in [0.4, 0.5) is 5.13 Å². The number of rotatable bonds is 9. The topological polar surface area (TPSA) is 124 Å². The Morgan fingerprint density at radius 1 is 1.12 bits per heavy atom. The molecule has 0 saturated carbocycles. The molecule has 2 aliphatic rings. The van der Waals surface area contributed by atoms with Crippen LogP contribution in [0.25, 0.3) is 5.76 Å². The molecule has 10 nitrogen and oxygen atoms in total. The van der Waals surface area contributed by atoms with E-state index in [1.54, 1.807) is 56.3 Å². The lowest BCUT2D eigenvalue weighted by molar-refractivity contribution is -0.132. The molecule has 3 heterocycles.